The molecule has 0 unspecified atom stereocenters. The number of guanidine groups is 1. The van der Waals surface area contributed by atoms with Gasteiger partial charge in [0.2, 0.25) is 0 Å². The molecule has 0 atom stereocenters. The van der Waals surface area contributed by atoms with Crippen molar-refractivity contribution in [3.05, 3.63) is 35.4 Å². The zero-order valence-electron chi connectivity index (χ0n) is 13.0. The summed E-state index contributed by atoms with van der Waals surface area (Å²) in [6.07, 6.45) is 4.02. The number of nitrogens with zero attached hydrogens (tertiary/aromatic N) is 2. The third-order valence-corrected chi connectivity index (χ3v) is 5.01. The minimum Gasteiger partial charge on any atom is -0.370 e. The first-order chi connectivity index (χ1) is 10.5. The highest BCUT2D eigenvalue weighted by Crippen LogP contribution is 2.49. The molecule has 0 spiro atoms. The standard InChI is InChI=1S/C17H23F2N3/c1-12-4-8-22(9-5-12)16(20)21-11-17(6-7-17)14-3-2-13(18)10-15(14)19/h2-3,10,12H,4-9,11H2,1H3,(H2,20,21). The number of halogens is 2. The fraction of sp³-hybridized carbons (Fsp3) is 0.588. The molecule has 2 aliphatic rings. The van der Waals surface area contributed by atoms with E-state index in [1.165, 1.54) is 6.07 Å². The van der Waals surface area contributed by atoms with E-state index in [9.17, 15) is 8.78 Å². The molecule has 1 heterocycles. The van der Waals surface area contributed by atoms with Gasteiger partial charge in [-0.25, -0.2) is 8.78 Å². The van der Waals surface area contributed by atoms with Crippen LogP contribution in [0.3, 0.4) is 0 Å². The normalized spacial score (nSPS) is 22.0. The van der Waals surface area contributed by atoms with Gasteiger partial charge in [-0.05, 0) is 43.2 Å². The molecule has 1 aliphatic carbocycles. The Hall–Kier alpha value is -1.65. The van der Waals surface area contributed by atoms with E-state index in [1.807, 2.05) is 0 Å². The molecule has 1 aliphatic heterocycles. The number of piperidine rings is 1. The second-order valence-electron chi connectivity index (χ2n) is 6.75. The zero-order chi connectivity index (χ0) is 15.7. The maximum Gasteiger partial charge on any atom is 0.191 e. The third-order valence-electron chi connectivity index (χ3n) is 5.01. The van der Waals surface area contributed by atoms with Crippen LogP contribution in [0.2, 0.25) is 0 Å². The molecule has 3 rings (SSSR count). The number of benzene rings is 1. The van der Waals surface area contributed by atoms with Gasteiger partial charge in [-0.2, -0.15) is 0 Å². The number of hydrogen-bond donors (Lipinski definition) is 1. The van der Waals surface area contributed by atoms with Crippen molar-refractivity contribution >= 4 is 5.96 Å². The van der Waals surface area contributed by atoms with Gasteiger partial charge in [0.05, 0.1) is 6.54 Å². The molecule has 1 saturated carbocycles. The van der Waals surface area contributed by atoms with Gasteiger partial charge in [0.15, 0.2) is 5.96 Å². The quantitative estimate of drug-likeness (QED) is 0.689. The van der Waals surface area contributed by atoms with Gasteiger partial charge in [0.1, 0.15) is 11.6 Å². The fourth-order valence-corrected chi connectivity index (χ4v) is 3.15. The van der Waals surface area contributed by atoms with Crippen LogP contribution in [0.15, 0.2) is 23.2 Å². The Bertz CT molecular complexity index is 573. The average Bonchev–Trinajstić information content (AvgIpc) is 3.26. The highest BCUT2D eigenvalue weighted by Gasteiger charge is 2.46. The molecule has 2 N–H and O–H groups in total. The van der Waals surface area contributed by atoms with Crippen LogP contribution < -0.4 is 5.73 Å². The van der Waals surface area contributed by atoms with Gasteiger partial charge in [0.25, 0.3) is 0 Å². The molecule has 120 valence electrons. The summed E-state index contributed by atoms with van der Waals surface area (Å²) in [4.78, 5) is 6.62. The van der Waals surface area contributed by atoms with Gasteiger partial charge < -0.3 is 10.6 Å². The third kappa shape index (κ3) is 3.08. The van der Waals surface area contributed by atoms with Gasteiger partial charge in [-0.15, -0.1) is 0 Å². The Morgan fingerprint density at radius 3 is 2.59 bits per heavy atom. The first-order valence-corrected chi connectivity index (χ1v) is 8.01. The predicted molar refractivity (Wildman–Crippen MR) is 83.7 cm³/mol. The Labute approximate surface area is 130 Å². The van der Waals surface area contributed by atoms with Crippen LogP contribution in [0.5, 0.6) is 0 Å². The van der Waals surface area contributed by atoms with Crippen molar-refractivity contribution in [2.45, 2.75) is 38.0 Å². The Kier molecular flexibility index (Phi) is 4.06. The highest BCUT2D eigenvalue weighted by atomic mass is 19.1. The molecule has 3 nitrogen and oxygen atoms in total. The number of nitrogens with two attached hydrogens (primary N) is 1. The van der Waals surface area contributed by atoms with Gasteiger partial charge in [0, 0.05) is 24.6 Å². The van der Waals surface area contributed by atoms with Crippen LogP contribution in [0.4, 0.5) is 8.78 Å². The molecule has 22 heavy (non-hydrogen) atoms. The van der Waals surface area contributed by atoms with Crippen LogP contribution in [0.1, 0.15) is 38.2 Å². The summed E-state index contributed by atoms with van der Waals surface area (Å²) >= 11 is 0. The minimum absolute atomic E-state index is 0.286. The van der Waals surface area contributed by atoms with E-state index >= 15 is 0 Å². The van der Waals surface area contributed by atoms with Crippen LogP contribution in [0, 0.1) is 17.6 Å². The maximum absolute atomic E-state index is 14.0. The second kappa shape index (κ2) is 5.86. The molecule has 5 heteroatoms. The zero-order valence-corrected chi connectivity index (χ0v) is 13.0. The number of hydrogen-bond acceptors (Lipinski definition) is 1. The fourth-order valence-electron chi connectivity index (χ4n) is 3.15. The van der Waals surface area contributed by atoms with Crippen LogP contribution in [0.25, 0.3) is 0 Å². The van der Waals surface area contributed by atoms with E-state index in [-0.39, 0.29) is 5.41 Å². The molecule has 0 bridgehead atoms. The maximum atomic E-state index is 14.0. The number of aliphatic imine (C=N–C) groups is 1. The van der Waals surface area contributed by atoms with Crippen molar-refractivity contribution in [1.82, 2.24) is 4.90 Å². The van der Waals surface area contributed by atoms with E-state index in [0.717, 1.165) is 50.8 Å². The van der Waals surface area contributed by atoms with E-state index in [1.54, 1.807) is 6.07 Å². The molecule has 1 aromatic rings. The van der Waals surface area contributed by atoms with Crippen molar-refractivity contribution < 1.29 is 8.78 Å². The van der Waals surface area contributed by atoms with Gasteiger partial charge in [-0.1, -0.05) is 13.0 Å². The lowest BCUT2D eigenvalue weighted by molar-refractivity contribution is 0.277. The van der Waals surface area contributed by atoms with Crippen LogP contribution in [-0.4, -0.2) is 30.5 Å². The van der Waals surface area contributed by atoms with E-state index < -0.39 is 11.6 Å². The first kappa shape index (κ1) is 15.3. The van der Waals surface area contributed by atoms with Crippen molar-refractivity contribution in [1.29, 1.82) is 0 Å². The molecule has 1 saturated heterocycles. The SMILES string of the molecule is CC1CCN(C(N)=NCC2(c3ccc(F)cc3F)CC2)CC1. The smallest absolute Gasteiger partial charge is 0.191 e. The lowest BCUT2D eigenvalue weighted by atomic mass is 9.95. The molecule has 0 amide bonds. The first-order valence-electron chi connectivity index (χ1n) is 8.01. The molecule has 0 aromatic heterocycles. The number of likely N-dealkylation sites (tertiary alicyclic amines) is 1. The average molecular weight is 307 g/mol. The van der Waals surface area contributed by atoms with Crippen molar-refractivity contribution in [3.63, 3.8) is 0 Å². The Morgan fingerprint density at radius 1 is 1.32 bits per heavy atom. The van der Waals surface area contributed by atoms with Crippen molar-refractivity contribution in [3.8, 4) is 0 Å². The Balaban J connectivity index is 1.68. The summed E-state index contributed by atoms with van der Waals surface area (Å²) in [6.45, 7) is 4.61. The lowest BCUT2D eigenvalue weighted by Crippen LogP contribution is -2.42. The molecular formula is C17H23F2N3. The van der Waals surface area contributed by atoms with E-state index in [2.05, 4.69) is 16.8 Å². The van der Waals surface area contributed by atoms with Crippen molar-refractivity contribution in [2.24, 2.45) is 16.6 Å². The second-order valence-corrected chi connectivity index (χ2v) is 6.75. The van der Waals surface area contributed by atoms with Crippen LogP contribution in [-0.2, 0) is 5.41 Å². The van der Waals surface area contributed by atoms with Crippen molar-refractivity contribution in [2.75, 3.05) is 19.6 Å². The molecule has 0 radical (unpaired) electrons. The minimum atomic E-state index is -0.539. The summed E-state index contributed by atoms with van der Waals surface area (Å²) < 4.78 is 27.0. The summed E-state index contributed by atoms with van der Waals surface area (Å²) in [6, 6.07) is 3.82. The monoisotopic (exact) mass is 307 g/mol. The van der Waals surface area contributed by atoms with Crippen LogP contribution >= 0.6 is 0 Å². The van der Waals surface area contributed by atoms with E-state index in [4.69, 9.17) is 5.73 Å². The summed E-state index contributed by atoms with van der Waals surface area (Å²) in [7, 11) is 0. The predicted octanol–water partition coefficient (Wildman–Crippen LogP) is 3.04. The van der Waals surface area contributed by atoms with Gasteiger partial charge >= 0.3 is 0 Å². The highest BCUT2D eigenvalue weighted by molar-refractivity contribution is 5.78. The number of rotatable bonds is 3. The summed E-state index contributed by atoms with van der Waals surface area (Å²) in [5.74, 6) is 0.286. The molecular weight excluding hydrogens is 284 g/mol. The van der Waals surface area contributed by atoms with Gasteiger partial charge in [-0.3, -0.25) is 4.99 Å². The summed E-state index contributed by atoms with van der Waals surface area (Å²) in [5, 5.41) is 0. The summed E-state index contributed by atoms with van der Waals surface area (Å²) in [5.41, 5.74) is 6.37. The molecule has 2 fully saturated rings. The molecule has 1 aromatic carbocycles. The lowest BCUT2D eigenvalue weighted by Gasteiger charge is -2.31. The largest absolute Gasteiger partial charge is 0.370 e. The van der Waals surface area contributed by atoms with E-state index in [0.29, 0.717) is 18.1 Å². The Morgan fingerprint density at radius 2 is 2.00 bits per heavy atom. The topological polar surface area (TPSA) is 41.6 Å².